The number of nitrogen functional groups attached to an aromatic ring is 2. The van der Waals surface area contributed by atoms with Crippen molar-refractivity contribution in [2.24, 2.45) is 0 Å². The fourth-order valence-corrected chi connectivity index (χ4v) is 2.40. The average Bonchev–Trinajstić information content (AvgIpc) is 2.72. The molecule has 2 aromatic rings. The van der Waals surface area contributed by atoms with E-state index < -0.39 is 0 Å². The van der Waals surface area contributed by atoms with Crippen molar-refractivity contribution in [3.8, 4) is 17.2 Å². The summed E-state index contributed by atoms with van der Waals surface area (Å²) in [5, 5.41) is 0. The number of unbranched alkanes of at least 4 members (excludes halogenated alkanes) is 1. The molecule has 2 aromatic carbocycles. The quantitative estimate of drug-likeness (QED) is 0.343. The van der Waals surface area contributed by atoms with E-state index in [4.69, 9.17) is 35.2 Å². The van der Waals surface area contributed by atoms with Crippen molar-refractivity contribution in [1.82, 2.24) is 0 Å². The maximum absolute atomic E-state index is 5.90. The van der Waals surface area contributed by atoms with E-state index in [-0.39, 0.29) is 0 Å². The van der Waals surface area contributed by atoms with Crippen molar-refractivity contribution in [2.75, 3.05) is 57.7 Å². The van der Waals surface area contributed by atoms with Gasteiger partial charge in [-0.1, -0.05) is 13.3 Å². The molecule has 0 atom stereocenters. The molecule has 0 aliphatic carbocycles. The molecule has 0 spiro atoms. The van der Waals surface area contributed by atoms with Crippen LogP contribution in [0.2, 0.25) is 0 Å². The number of hydrogen-bond acceptors (Lipinski definition) is 7. The Hall–Kier alpha value is -2.48. The second kappa shape index (κ2) is 13.7. The molecule has 160 valence electrons. The standard InChI is InChI=1S/C22H32N2O5/c1-2-3-10-25-11-12-26-13-14-27-15-16-28-19-5-7-20(8-6-19)29-22-9-4-18(23)17-21(22)24/h4-9,17H,2-3,10-16,23-24H2,1H3. The topological polar surface area (TPSA) is 98.2 Å². The molecule has 0 heterocycles. The Morgan fingerprint density at radius 3 is 1.90 bits per heavy atom. The zero-order valence-electron chi connectivity index (χ0n) is 17.1. The second-order valence-electron chi connectivity index (χ2n) is 6.41. The van der Waals surface area contributed by atoms with Crippen LogP contribution < -0.4 is 20.9 Å². The summed E-state index contributed by atoms with van der Waals surface area (Å²) < 4.78 is 27.7. The molecule has 7 nitrogen and oxygen atoms in total. The van der Waals surface area contributed by atoms with Crippen molar-refractivity contribution >= 4 is 11.4 Å². The predicted octanol–water partition coefficient (Wildman–Crippen LogP) is 3.87. The monoisotopic (exact) mass is 404 g/mol. The number of ether oxygens (including phenoxy) is 5. The number of anilines is 2. The van der Waals surface area contributed by atoms with Crippen molar-refractivity contribution < 1.29 is 23.7 Å². The van der Waals surface area contributed by atoms with Crippen molar-refractivity contribution in [2.45, 2.75) is 19.8 Å². The molecule has 7 heteroatoms. The smallest absolute Gasteiger partial charge is 0.150 e. The van der Waals surface area contributed by atoms with Crippen LogP contribution in [0, 0.1) is 0 Å². The molecular formula is C22H32N2O5. The van der Waals surface area contributed by atoms with Gasteiger partial charge in [-0.25, -0.2) is 0 Å². The fraction of sp³-hybridized carbons (Fsp3) is 0.455. The Labute approximate surface area is 172 Å². The van der Waals surface area contributed by atoms with Crippen LogP contribution in [0.4, 0.5) is 11.4 Å². The van der Waals surface area contributed by atoms with E-state index in [9.17, 15) is 0 Å². The van der Waals surface area contributed by atoms with Gasteiger partial charge in [-0.3, -0.25) is 0 Å². The molecule has 0 saturated heterocycles. The lowest BCUT2D eigenvalue weighted by molar-refractivity contribution is 0.00895. The SMILES string of the molecule is CCCCOCCOCCOCCOc1ccc(Oc2ccc(N)cc2N)cc1. The Kier molecular flexibility index (Phi) is 10.7. The van der Waals surface area contributed by atoms with Crippen LogP contribution in [0.1, 0.15) is 19.8 Å². The molecular weight excluding hydrogens is 372 g/mol. The fourth-order valence-electron chi connectivity index (χ4n) is 2.40. The average molecular weight is 405 g/mol. The molecule has 0 unspecified atom stereocenters. The lowest BCUT2D eigenvalue weighted by atomic mass is 10.2. The third-order valence-corrected chi connectivity index (χ3v) is 3.97. The molecule has 4 N–H and O–H groups in total. The summed E-state index contributed by atoms with van der Waals surface area (Å²) in [5.74, 6) is 1.98. The van der Waals surface area contributed by atoms with Gasteiger partial charge < -0.3 is 35.2 Å². The molecule has 0 aliphatic heterocycles. The first-order chi connectivity index (χ1) is 14.2. The van der Waals surface area contributed by atoms with Crippen LogP contribution in [0.25, 0.3) is 0 Å². The van der Waals surface area contributed by atoms with Gasteiger partial charge in [0.2, 0.25) is 0 Å². The molecule has 0 bridgehead atoms. The summed E-state index contributed by atoms with van der Waals surface area (Å²) in [4.78, 5) is 0. The molecule has 0 radical (unpaired) electrons. The van der Waals surface area contributed by atoms with Crippen LogP contribution >= 0.6 is 0 Å². The van der Waals surface area contributed by atoms with E-state index in [1.165, 1.54) is 0 Å². The van der Waals surface area contributed by atoms with Crippen LogP contribution in [-0.2, 0) is 14.2 Å². The van der Waals surface area contributed by atoms with Gasteiger partial charge in [0.15, 0.2) is 0 Å². The number of hydrogen-bond donors (Lipinski definition) is 2. The third kappa shape index (κ3) is 9.51. The molecule has 2 rings (SSSR count). The van der Waals surface area contributed by atoms with E-state index in [0.29, 0.717) is 62.5 Å². The Morgan fingerprint density at radius 2 is 1.28 bits per heavy atom. The van der Waals surface area contributed by atoms with Gasteiger partial charge in [0, 0.05) is 12.3 Å². The number of benzene rings is 2. The molecule has 0 saturated carbocycles. The zero-order valence-corrected chi connectivity index (χ0v) is 17.1. The Bertz CT molecular complexity index is 694. The van der Waals surface area contributed by atoms with Gasteiger partial charge in [-0.15, -0.1) is 0 Å². The zero-order chi connectivity index (χ0) is 20.7. The summed E-state index contributed by atoms with van der Waals surface area (Å²) in [6, 6.07) is 12.5. The van der Waals surface area contributed by atoms with Gasteiger partial charge in [-0.05, 0) is 48.9 Å². The summed E-state index contributed by atoms with van der Waals surface area (Å²) in [6.07, 6.45) is 2.24. The van der Waals surface area contributed by atoms with E-state index in [0.717, 1.165) is 25.2 Å². The van der Waals surface area contributed by atoms with Crippen molar-refractivity contribution in [3.63, 3.8) is 0 Å². The highest BCUT2D eigenvalue weighted by Gasteiger charge is 2.03. The minimum Gasteiger partial charge on any atom is -0.491 e. The second-order valence-corrected chi connectivity index (χ2v) is 6.41. The van der Waals surface area contributed by atoms with Crippen LogP contribution in [-0.4, -0.2) is 46.2 Å². The Balaban J connectivity index is 1.53. The summed E-state index contributed by atoms with van der Waals surface area (Å²) in [5.41, 5.74) is 12.7. The summed E-state index contributed by atoms with van der Waals surface area (Å²) >= 11 is 0. The Morgan fingerprint density at radius 1 is 0.690 bits per heavy atom. The highest BCUT2D eigenvalue weighted by Crippen LogP contribution is 2.29. The first kappa shape index (κ1) is 22.8. The van der Waals surface area contributed by atoms with Crippen LogP contribution in [0.3, 0.4) is 0 Å². The van der Waals surface area contributed by atoms with Gasteiger partial charge in [-0.2, -0.15) is 0 Å². The molecule has 0 aliphatic rings. The van der Waals surface area contributed by atoms with Gasteiger partial charge in [0.25, 0.3) is 0 Å². The molecule has 0 aromatic heterocycles. The largest absolute Gasteiger partial charge is 0.491 e. The van der Waals surface area contributed by atoms with E-state index in [2.05, 4.69) is 6.92 Å². The van der Waals surface area contributed by atoms with E-state index in [1.807, 2.05) is 24.3 Å². The van der Waals surface area contributed by atoms with Gasteiger partial charge in [0.1, 0.15) is 23.9 Å². The third-order valence-electron chi connectivity index (χ3n) is 3.97. The molecule has 0 fully saturated rings. The first-order valence-corrected chi connectivity index (χ1v) is 9.98. The van der Waals surface area contributed by atoms with Crippen LogP contribution in [0.15, 0.2) is 42.5 Å². The molecule has 0 amide bonds. The van der Waals surface area contributed by atoms with Crippen LogP contribution in [0.5, 0.6) is 17.2 Å². The van der Waals surface area contributed by atoms with E-state index in [1.54, 1.807) is 18.2 Å². The predicted molar refractivity (Wildman–Crippen MR) is 115 cm³/mol. The van der Waals surface area contributed by atoms with Crippen molar-refractivity contribution in [3.05, 3.63) is 42.5 Å². The van der Waals surface area contributed by atoms with Gasteiger partial charge >= 0.3 is 0 Å². The van der Waals surface area contributed by atoms with E-state index >= 15 is 0 Å². The van der Waals surface area contributed by atoms with Gasteiger partial charge in [0.05, 0.1) is 38.7 Å². The lowest BCUT2D eigenvalue weighted by Crippen LogP contribution is -2.12. The highest BCUT2D eigenvalue weighted by atomic mass is 16.6. The minimum atomic E-state index is 0.464. The summed E-state index contributed by atoms with van der Waals surface area (Å²) in [6.45, 7) is 6.22. The number of nitrogens with two attached hydrogens (primary N) is 2. The lowest BCUT2D eigenvalue weighted by Gasteiger charge is -2.11. The maximum Gasteiger partial charge on any atom is 0.150 e. The highest BCUT2D eigenvalue weighted by molar-refractivity contribution is 5.61. The van der Waals surface area contributed by atoms with Crippen molar-refractivity contribution in [1.29, 1.82) is 0 Å². The first-order valence-electron chi connectivity index (χ1n) is 9.98. The molecule has 29 heavy (non-hydrogen) atoms. The maximum atomic E-state index is 5.90. The number of rotatable bonds is 15. The minimum absolute atomic E-state index is 0.464. The summed E-state index contributed by atoms with van der Waals surface area (Å²) in [7, 11) is 0. The normalized spacial score (nSPS) is 10.8.